The van der Waals surface area contributed by atoms with E-state index in [2.05, 4.69) is 17.5 Å². The zero-order valence-corrected chi connectivity index (χ0v) is 16.9. The monoisotopic (exact) mass is 391 g/mol. The van der Waals surface area contributed by atoms with Gasteiger partial charge in [0, 0.05) is 34.5 Å². The normalized spacial score (nSPS) is 17.6. The topological polar surface area (TPSA) is 38.8 Å². The highest BCUT2D eigenvalue weighted by molar-refractivity contribution is 7.99. The fourth-order valence-electron chi connectivity index (χ4n) is 3.04. The maximum absolute atomic E-state index is 13.0. The molecule has 1 aromatic carbocycles. The van der Waals surface area contributed by atoms with Gasteiger partial charge in [-0.15, -0.1) is 11.3 Å². The van der Waals surface area contributed by atoms with E-state index in [-0.39, 0.29) is 5.91 Å². The molecule has 3 rings (SSSR count). The molecule has 0 aliphatic carbocycles. The summed E-state index contributed by atoms with van der Waals surface area (Å²) in [5.41, 5.74) is 0.663. The van der Waals surface area contributed by atoms with Crippen molar-refractivity contribution in [1.29, 1.82) is 0 Å². The maximum atomic E-state index is 13.0. The summed E-state index contributed by atoms with van der Waals surface area (Å²) in [7, 11) is 0. The number of thioether (sulfide) groups is 1. The molecular weight excluding hydrogens is 366 g/mol. The minimum Gasteiger partial charge on any atom is -0.490 e. The van der Waals surface area contributed by atoms with E-state index in [1.807, 2.05) is 48.7 Å². The number of carbonyl (C=O) groups excluding carboxylic acids is 1. The highest BCUT2D eigenvalue weighted by atomic mass is 32.2. The molecule has 140 valence electrons. The van der Waals surface area contributed by atoms with Crippen molar-refractivity contribution >= 4 is 29.0 Å². The molecule has 1 saturated heterocycles. The minimum atomic E-state index is 0.0708. The van der Waals surface area contributed by atoms with Crippen LogP contribution in [0.2, 0.25) is 0 Å². The first-order valence-corrected chi connectivity index (χ1v) is 11.0. The lowest BCUT2D eigenvalue weighted by Crippen LogP contribution is -2.33. The number of carbonyl (C=O) groups is 1. The van der Waals surface area contributed by atoms with Crippen LogP contribution in [0.25, 0.3) is 0 Å². The van der Waals surface area contributed by atoms with Crippen LogP contribution >= 0.6 is 23.1 Å². The Morgan fingerprint density at radius 1 is 1.15 bits per heavy atom. The molecule has 2 aromatic rings. The molecule has 0 radical (unpaired) electrons. The van der Waals surface area contributed by atoms with E-state index in [4.69, 9.17) is 9.47 Å². The summed E-state index contributed by atoms with van der Waals surface area (Å²) in [6.07, 6.45) is 0.992. The first-order valence-electron chi connectivity index (χ1n) is 9.06. The van der Waals surface area contributed by atoms with E-state index < -0.39 is 0 Å². The third-order valence-electron chi connectivity index (χ3n) is 4.28. The molecule has 0 saturated carbocycles. The van der Waals surface area contributed by atoms with Crippen molar-refractivity contribution in [3.63, 3.8) is 0 Å². The molecule has 1 amide bonds. The van der Waals surface area contributed by atoms with Crippen molar-refractivity contribution < 1.29 is 14.3 Å². The van der Waals surface area contributed by atoms with Crippen LogP contribution in [0.5, 0.6) is 11.5 Å². The molecule has 0 N–H and O–H groups in total. The molecule has 1 fully saturated rings. The third-order valence-corrected chi connectivity index (χ3v) is 6.72. The lowest BCUT2D eigenvalue weighted by atomic mass is 10.1. The Balaban J connectivity index is 1.71. The summed E-state index contributed by atoms with van der Waals surface area (Å²) >= 11 is 3.75. The second kappa shape index (κ2) is 9.33. The van der Waals surface area contributed by atoms with E-state index in [0.717, 1.165) is 25.3 Å². The molecule has 1 unspecified atom stereocenters. The summed E-state index contributed by atoms with van der Waals surface area (Å²) in [5, 5.41) is 2.62. The molecule has 0 spiro atoms. The Morgan fingerprint density at radius 3 is 2.69 bits per heavy atom. The van der Waals surface area contributed by atoms with E-state index in [9.17, 15) is 4.79 Å². The second-order valence-corrected chi connectivity index (χ2v) is 8.27. The largest absolute Gasteiger partial charge is 0.490 e. The van der Waals surface area contributed by atoms with Crippen molar-refractivity contribution in [2.24, 2.45) is 0 Å². The molecule has 6 heteroatoms. The second-order valence-electron chi connectivity index (χ2n) is 5.98. The van der Waals surface area contributed by atoms with Crippen LogP contribution in [0.1, 0.15) is 40.8 Å². The molecule has 0 bridgehead atoms. The highest BCUT2D eigenvalue weighted by Crippen LogP contribution is 2.37. The quantitative estimate of drug-likeness (QED) is 0.704. The van der Waals surface area contributed by atoms with Gasteiger partial charge >= 0.3 is 0 Å². The van der Waals surface area contributed by atoms with Crippen molar-refractivity contribution in [1.82, 2.24) is 4.90 Å². The van der Waals surface area contributed by atoms with Gasteiger partial charge in [0.15, 0.2) is 11.5 Å². The van der Waals surface area contributed by atoms with Gasteiger partial charge in [-0.1, -0.05) is 6.07 Å². The van der Waals surface area contributed by atoms with Crippen LogP contribution in [-0.4, -0.2) is 42.9 Å². The molecule has 1 aromatic heterocycles. The maximum Gasteiger partial charge on any atom is 0.254 e. The van der Waals surface area contributed by atoms with Crippen molar-refractivity contribution in [3.05, 3.63) is 46.2 Å². The average Bonchev–Trinajstić information content (AvgIpc) is 3.08. The third kappa shape index (κ3) is 4.54. The molecule has 1 atom stereocenters. The lowest BCUT2D eigenvalue weighted by molar-refractivity contribution is 0.0766. The van der Waals surface area contributed by atoms with Crippen molar-refractivity contribution in [3.8, 4) is 11.5 Å². The van der Waals surface area contributed by atoms with E-state index in [1.54, 1.807) is 11.3 Å². The van der Waals surface area contributed by atoms with Crippen LogP contribution in [-0.2, 0) is 0 Å². The van der Waals surface area contributed by atoms with E-state index in [1.165, 1.54) is 4.88 Å². The molecule has 4 nitrogen and oxygen atoms in total. The summed E-state index contributed by atoms with van der Waals surface area (Å²) in [4.78, 5) is 16.4. The Kier molecular flexibility index (Phi) is 6.86. The summed E-state index contributed by atoms with van der Waals surface area (Å²) in [5.74, 6) is 2.36. The average molecular weight is 392 g/mol. The van der Waals surface area contributed by atoms with Crippen LogP contribution in [0, 0.1) is 0 Å². The SMILES string of the molecule is CCOc1ccc(C(=O)N2CCSC(c3cccs3)CC2)cc1OCC. The van der Waals surface area contributed by atoms with Gasteiger partial charge in [-0.25, -0.2) is 0 Å². The van der Waals surface area contributed by atoms with Gasteiger partial charge in [-0.05, 0) is 49.9 Å². The smallest absolute Gasteiger partial charge is 0.254 e. The number of hydrogen-bond acceptors (Lipinski definition) is 5. The molecular formula is C20H25NO3S2. The number of thiophene rings is 1. The van der Waals surface area contributed by atoms with Gasteiger partial charge in [0.1, 0.15) is 0 Å². The van der Waals surface area contributed by atoms with Crippen molar-refractivity contribution in [2.45, 2.75) is 25.5 Å². The van der Waals surface area contributed by atoms with Crippen LogP contribution in [0.4, 0.5) is 0 Å². The van der Waals surface area contributed by atoms with Gasteiger partial charge in [0.2, 0.25) is 0 Å². The molecule has 1 aliphatic rings. The van der Waals surface area contributed by atoms with Gasteiger partial charge in [0.05, 0.1) is 13.2 Å². The lowest BCUT2D eigenvalue weighted by Gasteiger charge is -2.21. The molecule has 1 aliphatic heterocycles. The predicted octanol–water partition coefficient (Wildman–Crippen LogP) is 4.87. The Bertz CT molecular complexity index is 718. The van der Waals surface area contributed by atoms with Gasteiger partial charge in [-0.2, -0.15) is 11.8 Å². The standard InChI is InChI=1S/C20H25NO3S2/c1-3-23-16-8-7-15(14-17(16)24-4-2)20(22)21-10-9-19(26-13-11-21)18-6-5-12-25-18/h5-8,12,14,19H,3-4,9-11,13H2,1-2H3. The molecule has 26 heavy (non-hydrogen) atoms. The zero-order valence-electron chi connectivity index (χ0n) is 15.3. The number of benzene rings is 1. The van der Waals surface area contributed by atoms with Crippen LogP contribution in [0.15, 0.2) is 35.7 Å². The first kappa shape index (κ1) is 19.1. The van der Waals surface area contributed by atoms with Crippen LogP contribution < -0.4 is 9.47 Å². The summed E-state index contributed by atoms with van der Waals surface area (Å²) in [6, 6.07) is 9.78. The number of hydrogen-bond donors (Lipinski definition) is 0. The molecule has 2 heterocycles. The fourth-order valence-corrected chi connectivity index (χ4v) is 5.28. The Labute approximate surface area is 163 Å². The Hall–Kier alpha value is -1.66. The number of rotatable bonds is 6. The van der Waals surface area contributed by atoms with E-state index >= 15 is 0 Å². The Morgan fingerprint density at radius 2 is 1.96 bits per heavy atom. The van der Waals surface area contributed by atoms with Crippen LogP contribution in [0.3, 0.4) is 0 Å². The number of nitrogens with zero attached hydrogens (tertiary/aromatic N) is 1. The first-order chi connectivity index (χ1) is 12.7. The van der Waals surface area contributed by atoms with Gasteiger partial charge in [-0.3, -0.25) is 4.79 Å². The summed E-state index contributed by atoms with van der Waals surface area (Å²) in [6.45, 7) is 6.55. The highest BCUT2D eigenvalue weighted by Gasteiger charge is 2.24. The zero-order chi connectivity index (χ0) is 18.4. The number of amides is 1. The van der Waals surface area contributed by atoms with E-state index in [0.29, 0.717) is 35.5 Å². The fraction of sp³-hybridized carbons (Fsp3) is 0.450. The van der Waals surface area contributed by atoms with Gasteiger partial charge in [0.25, 0.3) is 5.91 Å². The van der Waals surface area contributed by atoms with Gasteiger partial charge < -0.3 is 14.4 Å². The number of ether oxygens (including phenoxy) is 2. The minimum absolute atomic E-state index is 0.0708. The summed E-state index contributed by atoms with van der Waals surface area (Å²) < 4.78 is 11.3. The van der Waals surface area contributed by atoms with Crippen molar-refractivity contribution in [2.75, 3.05) is 32.1 Å². The predicted molar refractivity (Wildman–Crippen MR) is 109 cm³/mol.